The SMILES string of the molecule is CCc1cccc(C)c1C(=O)N[C@@H](Cc1ccc(NC(=O)c2c(Cl)cccc2Cl)cc1)C(=O)O. The second-order valence-electron chi connectivity index (χ2n) is 7.78. The van der Waals surface area contributed by atoms with E-state index in [2.05, 4.69) is 10.6 Å². The van der Waals surface area contributed by atoms with Gasteiger partial charge in [-0.1, -0.05) is 66.5 Å². The third kappa shape index (κ3) is 5.95. The van der Waals surface area contributed by atoms with E-state index in [4.69, 9.17) is 23.2 Å². The van der Waals surface area contributed by atoms with Crippen molar-refractivity contribution in [1.29, 1.82) is 0 Å². The number of hydrogen-bond donors (Lipinski definition) is 3. The number of nitrogens with one attached hydrogen (secondary N) is 2. The number of halogens is 2. The van der Waals surface area contributed by atoms with E-state index in [9.17, 15) is 19.5 Å². The van der Waals surface area contributed by atoms with Gasteiger partial charge in [-0.05, 0) is 54.3 Å². The Morgan fingerprint density at radius 2 is 1.50 bits per heavy atom. The predicted molar refractivity (Wildman–Crippen MR) is 134 cm³/mol. The van der Waals surface area contributed by atoms with E-state index >= 15 is 0 Å². The molecule has 1 atom stereocenters. The number of benzene rings is 3. The minimum Gasteiger partial charge on any atom is -0.480 e. The molecule has 0 aliphatic heterocycles. The van der Waals surface area contributed by atoms with Gasteiger partial charge in [-0.2, -0.15) is 0 Å². The normalized spacial score (nSPS) is 11.5. The Hall–Kier alpha value is -3.35. The van der Waals surface area contributed by atoms with E-state index in [1.165, 1.54) is 0 Å². The molecule has 0 spiro atoms. The molecule has 3 rings (SSSR count). The first-order valence-electron chi connectivity index (χ1n) is 10.7. The van der Waals surface area contributed by atoms with E-state index in [1.54, 1.807) is 42.5 Å². The summed E-state index contributed by atoms with van der Waals surface area (Å²) in [6, 6.07) is 15.9. The molecule has 176 valence electrons. The Labute approximate surface area is 207 Å². The summed E-state index contributed by atoms with van der Waals surface area (Å²) in [5, 5.41) is 15.5. The number of rotatable bonds is 8. The first-order chi connectivity index (χ1) is 16.2. The highest BCUT2D eigenvalue weighted by atomic mass is 35.5. The molecule has 0 aliphatic rings. The third-order valence-electron chi connectivity index (χ3n) is 5.41. The molecule has 0 aliphatic carbocycles. The van der Waals surface area contributed by atoms with E-state index in [0.717, 1.165) is 11.1 Å². The van der Waals surface area contributed by atoms with Gasteiger partial charge in [0.25, 0.3) is 11.8 Å². The van der Waals surface area contributed by atoms with Crippen LogP contribution in [0.4, 0.5) is 5.69 Å². The van der Waals surface area contributed by atoms with Crippen molar-refractivity contribution in [3.63, 3.8) is 0 Å². The van der Waals surface area contributed by atoms with Gasteiger partial charge in [-0.25, -0.2) is 4.79 Å². The standard InChI is InChI=1S/C26H24Cl2N2O4/c1-3-17-7-4-6-15(2)22(17)24(31)30-21(26(33)34)14-16-10-12-18(13-11-16)29-25(32)23-19(27)8-5-9-20(23)28/h4-13,21H,3,14H2,1-2H3,(H,29,32)(H,30,31)(H,33,34)/t21-/m0/s1. The van der Waals surface area contributed by atoms with Crippen molar-refractivity contribution in [2.75, 3.05) is 5.32 Å². The summed E-state index contributed by atoms with van der Waals surface area (Å²) < 4.78 is 0. The largest absolute Gasteiger partial charge is 0.480 e. The Morgan fingerprint density at radius 1 is 0.882 bits per heavy atom. The second kappa shape index (κ2) is 11.2. The van der Waals surface area contributed by atoms with E-state index in [0.29, 0.717) is 23.2 Å². The molecule has 3 N–H and O–H groups in total. The fraction of sp³-hybridized carbons (Fsp3) is 0.192. The lowest BCUT2D eigenvalue weighted by molar-refractivity contribution is -0.139. The maximum atomic E-state index is 12.9. The molecule has 0 saturated heterocycles. The molecule has 0 bridgehead atoms. The zero-order valence-electron chi connectivity index (χ0n) is 18.7. The first-order valence-corrected chi connectivity index (χ1v) is 11.4. The number of carboxylic acids is 1. The van der Waals surface area contributed by atoms with Crippen molar-refractivity contribution < 1.29 is 19.5 Å². The lowest BCUT2D eigenvalue weighted by atomic mass is 9.98. The molecule has 2 amide bonds. The molecule has 0 aromatic heterocycles. The van der Waals surface area contributed by atoms with Crippen molar-refractivity contribution in [2.45, 2.75) is 32.7 Å². The van der Waals surface area contributed by atoms with Crippen LogP contribution in [-0.2, 0) is 17.6 Å². The van der Waals surface area contributed by atoms with Gasteiger partial charge in [-0.3, -0.25) is 9.59 Å². The topological polar surface area (TPSA) is 95.5 Å². The van der Waals surface area contributed by atoms with Crippen LogP contribution in [0.25, 0.3) is 0 Å². The predicted octanol–water partition coefficient (Wildman–Crippen LogP) is 5.54. The smallest absolute Gasteiger partial charge is 0.326 e. The van der Waals surface area contributed by atoms with Gasteiger partial charge >= 0.3 is 5.97 Å². The molecule has 34 heavy (non-hydrogen) atoms. The van der Waals surface area contributed by atoms with Crippen LogP contribution in [0.5, 0.6) is 0 Å². The van der Waals surface area contributed by atoms with E-state index in [1.807, 2.05) is 32.0 Å². The Kier molecular flexibility index (Phi) is 8.31. The van der Waals surface area contributed by atoms with Crippen LogP contribution in [-0.4, -0.2) is 28.9 Å². The fourth-order valence-electron chi connectivity index (χ4n) is 3.65. The molecule has 0 fully saturated rings. The summed E-state index contributed by atoms with van der Waals surface area (Å²) in [7, 11) is 0. The van der Waals surface area contributed by atoms with Crippen LogP contribution >= 0.6 is 23.2 Å². The van der Waals surface area contributed by atoms with Gasteiger partial charge in [0, 0.05) is 17.7 Å². The van der Waals surface area contributed by atoms with Crippen LogP contribution in [0.2, 0.25) is 10.0 Å². The number of amides is 2. The summed E-state index contributed by atoms with van der Waals surface area (Å²) in [6.45, 7) is 3.77. The first kappa shape index (κ1) is 25.3. The molecule has 0 unspecified atom stereocenters. The maximum Gasteiger partial charge on any atom is 0.326 e. The molecular weight excluding hydrogens is 475 g/mol. The summed E-state index contributed by atoms with van der Waals surface area (Å²) in [5.41, 5.74) is 3.51. The zero-order chi connectivity index (χ0) is 24.8. The molecule has 0 heterocycles. The van der Waals surface area contributed by atoms with Crippen molar-refractivity contribution in [2.24, 2.45) is 0 Å². The van der Waals surface area contributed by atoms with Crippen molar-refractivity contribution in [3.05, 3.63) is 98.5 Å². The van der Waals surface area contributed by atoms with Gasteiger partial charge in [-0.15, -0.1) is 0 Å². The molecule has 3 aromatic carbocycles. The molecule has 8 heteroatoms. The minimum absolute atomic E-state index is 0.0823. The van der Waals surface area contributed by atoms with Crippen molar-refractivity contribution in [3.8, 4) is 0 Å². The monoisotopic (exact) mass is 498 g/mol. The van der Waals surface area contributed by atoms with Gasteiger partial charge in [0.05, 0.1) is 15.6 Å². The van der Waals surface area contributed by atoms with Gasteiger partial charge in [0.1, 0.15) is 6.04 Å². The Morgan fingerprint density at radius 3 is 2.09 bits per heavy atom. The van der Waals surface area contributed by atoms with Crippen molar-refractivity contribution in [1.82, 2.24) is 5.32 Å². The molecule has 0 saturated carbocycles. The number of carbonyl (C=O) groups is 3. The number of anilines is 1. The van der Waals surface area contributed by atoms with Crippen LogP contribution in [0.3, 0.4) is 0 Å². The quantitative estimate of drug-likeness (QED) is 0.379. The van der Waals surface area contributed by atoms with Crippen molar-refractivity contribution >= 4 is 46.7 Å². The number of aliphatic carboxylic acids is 1. The van der Waals surface area contributed by atoms with Crippen LogP contribution in [0.1, 0.15) is 44.3 Å². The van der Waals surface area contributed by atoms with Gasteiger partial charge in [0.15, 0.2) is 0 Å². The molecule has 3 aromatic rings. The average molecular weight is 499 g/mol. The number of aryl methyl sites for hydroxylation is 2. The zero-order valence-corrected chi connectivity index (χ0v) is 20.2. The number of carbonyl (C=O) groups excluding carboxylic acids is 2. The van der Waals surface area contributed by atoms with Crippen LogP contribution < -0.4 is 10.6 Å². The van der Waals surface area contributed by atoms with Gasteiger partial charge < -0.3 is 15.7 Å². The molecule has 0 radical (unpaired) electrons. The summed E-state index contributed by atoms with van der Waals surface area (Å²) in [4.78, 5) is 37.3. The Balaban J connectivity index is 1.71. The lowest BCUT2D eigenvalue weighted by Crippen LogP contribution is -2.42. The van der Waals surface area contributed by atoms with Crippen LogP contribution in [0.15, 0.2) is 60.7 Å². The summed E-state index contributed by atoms with van der Waals surface area (Å²) in [6.07, 6.45) is 0.744. The van der Waals surface area contributed by atoms with E-state index < -0.39 is 23.8 Å². The minimum atomic E-state index is -1.13. The highest BCUT2D eigenvalue weighted by molar-refractivity contribution is 6.40. The van der Waals surface area contributed by atoms with Crippen LogP contribution in [0, 0.1) is 6.92 Å². The molecular formula is C26H24Cl2N2O4. The second-order valence-corrected chi connectivity index (χ2v) is 8.59. The summed E-state index contributed by atoms with van der Waals surface area (Å²) in [5.74, 6) is -2.00. The highest BCUT2D eigenvalue weighted by Gasteiger charge is 2.23. The Bertz CT molecular complexity index is 1210. The lowest BCUT2D eigenvalue weighted by Gasteiger charge is -2.17. The fourth-order valence-corrected chi connectivity index (χ4v) is 4.22. The average Bonchev–Trinajstić information content (AvgIpc) is 2.79. The number of hydrogen-bond acceptors (Lipinski definition) is 3. The van der Waals surface area contributed by atoms with E-state index in [-0.39, 0.29) is 22.0 Å². The highest BCUT2D eigenvalue weighted by Crippen LogP contribution is 2.25. The van der Waals surface area contributed by atoms with Gasteiger partial charge in [0.2, 0.25) is 0 Å². The number of carboxylic acid groups (broad SMARTS) is 1. The summed E-state index contributed by atoms with van der Waals surface area (Å²) >= 11 is 12.2. The maximum absolute atomic E-state index is 12.9. The third-order valence-corrected chi connectivity index (χ3v) is 6.04. The molecule has 6 nitrogen and oxygen atoms in total.